The Bertz CT molecular complexity index is 476. The minimum Gasteiger partial charge on any atom is -0.465 e. The summed E-state index contributed by atoms with van der Waals surface area (Å²) in [6.45, 7) is 6.47. The smallest absolute Gasteiger partial charge is 0.323 e. The minimum atomic E-state index is -0.227. The summed E-state index contributed by atoms with van der Waals surface area (Å²) in [4.78, 5) is 14.2. The van der Waals surface area contributed by atoms with Crippen molar-refractivity contribution in [3.05, 3.63) is 29.8 Å². The van der Waals surface area contributed by atoms with Gasteiger partial charge < -0.3 is 15.0 Å². The standard InChI is InChI=1S/C17H26N2O2/c1-4-21-17(20)15(18-3)9-10-19-12-13(2)11-14-7-5-6-8-16(14)19/h5-8,13,15,18H,4,9-12H2,1-3H3. The largest absolute Gasteiger partial charge is 0.465 e. The predicted molar refractivity (Wildman–Crippen MR) is 85.6 cm³/mol. The first-order valence-electron chi connectivity index (χ1n) is 7.82. The van der Waals surface area contributed by atoms with Crippen LogP contribution in [-0.4, -0.2) is 38.8 Å². The molecular formula is C17H26N2O2. The van der Waals surface area contributed by atoms with E-state index < -0.39 is 0 Å². The van der Waals surface area contributed by atoms with Gasteiger partial charge in [-0.15, -0.1) is 0 Å². The third-order valence-electron chi connectivity index (χ3n) is 4.04. The van der Waals surface area contributed by atoms with E-state index in [0.717, 1.165) is 25.9 Å². The Hall–Kier alpha value is -1.55. The quantitative estimate of drug-likeness (QED) is 0.816. The highest BCUT2D eigenvalue weighted by Gasteiger charge is 2.24. The molecule has 0 fully saturated rings. The van der Waals surface area contributed by atoms with Crippen LogP contribution in [0.1, 0.15) is 25.8 Å². The van der Waals surface area contributed by atoms with Crippen molar-refractivity contribution in [2.45, 2.75) is 32.7 Å². The molecule has 0 amide bonds. The maximum Gasteiger partial charge on any atom is 0.323 e. The lowest BCUT2D eigenvalue weighted by molar-refractivity contribution is -0.145. The van der Waals surface area contributed by atoms with E-state index in [0.29, 0.717) is 12.5 Å². The Kier molecular flexibility index (Phi) is 5.62. The number of anilines is 1. The van der Waals surface area contributed by atoms with Crippen LogP contribution in [0.2, 0.25) is 0 Å². The topological polar surface area (TPSA) is 41.6 Å². The molecular weight excluding hydrogens is 264 g/mol. The van der Waals surface area contributed by atoms with Crippen LogP contribution in [0.15, 0.2) is 24.3 Å². The first-order valence-corrected chi connectivity index (χ1v) is 7.82. The lowest BCUT2D eigenvalue weighted by Crippen LogP contribution is -2.41. The Morgan fingerprint density at radius 3 is 2.95 bits per heavy atom. The molecule has 2 rings (SSSR count). The van der Waals surface area contributed by atoms with Gasteiger partial charge >= 0.3 is 5.97 Å². The Morgan fingerprint density at radius 1 is 1.48 bits per heavy atom. The normalized spacial score (nSPS) is 19.0. The van der Waals surface area contributed by atoms with Crippen molar-refractivity contribution < 1.29 is 9.53 Å². The monoisotopic (exact) mass is 290 g/mol. The van der Waals surface area contributed by atoms with Crippen LogP contribution in [-0.2, 0) is 16.0 Å². The van der Waals surface area contributed by atoms with Crippen LogP contribution >= 0.6 is 0 Å². The fraction of sp³-hybridized carbons (Fsp3) is 0.588. The Balaban J connectivity index is 2.01. The second-order valence-electron chi connectivity index (χ2n) is 5.77. The predicted octanol–water partition coefficient (Wildman–Crippen LogP) is 2.23. The molecule has 0 bridgehead atoms. The molecule has 1 heterocycles. The van der Waals surface area contributed by atoms with Gasteiger partial charge in [-0.25, -0.2) is 0 Å². The zero-order chi connectivity index (χ0) is 15.2. The van der Waals surface area contributed by atoms with E-state index in [2.05, 4.69) is 41.4 Å². The number of carbonyl (C=O) groups is 1. The number of para-hydroxylation sites is 1. The van der Waals surface area contributed by atoms with Crippen molar-refractivity contribution in [1.82, 2.24) is 5.32 Å². The molecule has 1 aromatic carbocycles. The van der Waals surface area contributed by atoms with Gasteiger partial charge in [0.2, 0.25) is 0 Å². The third-order valence-corrected chi connectivity index (χ3v) is 4.04. The molecule has 116 valence electrons. The van der Waals surface area contributed by atoms with Crippen molar-refractivity contribution in [3.8, 4) is 0 Å². The lowest BCUT2D eigenvalue weighted by Gasteiger charge is -2.35. The lowest BCUT2D eigenvalue weighted by atomic mass is 9.93. The van der Waals surface area contributed by atoms with Crippen LogP contribution in [0.3, 0.4) is 0 Å². The van der Waals surface area contributed by atoms with E-state index in [1.165, 1.54) is 11.3 Å². The first kappa shape index (κ1) is 15.8. The van der Waals surface area contributed by atoms with Crippen LogP contribution in [0.25, 0.3) is 0 Å². The van der Waals surface area contributed by atoms with Gasteiger partial charge in [-0.3, -0.25) is 4.79 Å². The Morgan fingerprint density at radius 2 is 2.24 bits per heavy atom. The molecule has 0 aromatic heterocycles. The fourth-order valence-corrected chi connectivity index (χ4v) is 3.03. The van der Waals surface area contributed by atoms with Crippen LogP contribution in [0.5, 0.6) is 0 Å². The molecule has 0 saturated heterocycles. The summed E-state index contributed by atoms with van der Waals surface area (Å²) in [7, 11) is 1.81. The van der Waals surface area contributed by atoms with E-state index >= 15 is 0 Å². The number of hydrogen-bond donors (Lipinski definition) is 1. The second kappa shape index (κ2) is 7.46. The molecule has 0 radical (unpaired) electrons. The number of rotatable bonds is 6. The van der Waals surface area contributed by atoms with E-state index in [1.54, 1.807) is 0 Å². The summed E-state index contributed by atoms with van der Waals surface area (Å²) in [5.74, 6) is 0.494. The third kappa shape index (κ3) is 3.97. The van der Waals surface area contributed by atoms with Crippen molar-refractivity contribution in [2.75, 3.05) is 31.6 Å². The fourth-order valence-electron chi connectivity index (χ4n) is 3.03. The number of carbonyl (C=O) groups excluding carboxylic acids is 1. The number of ether oxygens (including phenoxy) is 1. The van der Waals surface area contributed by atoms with Gasteiger partial charge in [-0.2, -0.15) is 0 Å². The summed E-state index contributed by atoms with van der Waals surface area (Å²) < 4.78 is 5.11. The molecule has 1 aromatic rings. The number of nitrogens with zero attached hydrogens (tertiary/aromatic N) is 1. The average molecular weight is 290 g/mol. The SMILES string of the molecule is CCOC(=O)C(CCN1CC(C)Cc2ccccc21)NC. The number of nitrogens with one attached hydrogen (secondary N) is 1. The molecule has 1 N–H and O–H groups in total. The van der Waals surface area contributed by atoms with Crippen molar-refractivity contribution in [3.63, 3.8) is 0 Å². The minimum absolute atomic E-state index is 0.154. The summed E-state index contributed by atoms with van der Waals surface area (Å²) in [6, 6.07) is 8.35. The zero-order valence-electron chi connectivity index (χ0n) is 13.3. The highest BCUT2D eigenvalue weighted by atomic mass is 16.5. The van der Waals surface area contributed by atoms with Crippen molar-refractivity contribution in [2.24, 2.45) is 5.92 Å². The highest BCUT2D eigenvalue weighted by molar-refractivity contribution is 5.75. The molecule has 4 heteroatoms. The molecule has 2 atom stereocenters. The van der Waals surface area contributed by atoms with Gasteiger partial charge in [-0.1, -0.05) is 25.1 Å². The second-order valence-corrected chi connectivity index (χ2v) is 5.77. The number of benzene rings is 1. The molecule has 0 saturated carbocycles. The summed E-state index contributed by atoms with van der Waals surface area (Å²) in [6.07, 6.45) is 1.90. The summed E-state index contributed by atoms with van der Waals surface area (Å²) >= 11 is 0. The van der Waals surface area contributed by atoms with Gasteiger partial charge in [-0.05, 0) is 44.4 Å². The van der Waals surface area contributed by atoms with E-state index in [1.807, 2.05) is 14.0 Å². The maximum absolute atomic E-state index is 11.9. The van der Waals surface area contributed by atoms with E-state index in [4.69, 9.17) is 4.74 Å². The van der Waals surface area contributed by atoms with Crippen molar-refractivity contribution in [1.29, 1.82) is 0 Å². The molecule has 0 aliphatic carbocycles. The van der Waals surface area contributed by atoms with Gasteiger partial charge in [0.1, 0.15) is 6.04 Å². The van der Waals surface area contributed by atoms with E-state index in [9.17, 15) is 4.79 Å². The summed E-state index contributed by atoms with van der Waals surface area (Å²) in [5.41, 5.74) is 2.72. The molecule has 1 aliphatic rings. The van der Waals surface area contributed by atoms with Gasteiger partial charge in [0.05, 0.1) is 6.61 Å². The van der Waals surface area contributed by atoms with Gasteiger partial charge in [0, 0.05) is 18.8 Å². The number of hydrogen-bond acceptors (Lipinski definition) is 4. The molecule has 0 spiro atoms. The van der Waals surface area contributed by atoms with E-state index in [-0.39, 0.29) is 12.0 Å². The van der Waals surface area contributed by atoms with Crippen molar-refractivity contribution >= 4 is 11.7 Å². The van der Waals surface area contributed by atoms with Crippen LogP contribution in [0.4, 0.5) is 5.69 Å². The number of likely N-dealkylation sites (N-methyl/N-ethyl adjacent to an activating group) is 1. The van der Waals surface area contributed by atoms with Crippen LogP contribution in [0, 0.1) is 5.92 Å². The Labute approximate surface area is 127 Å². The highest BCUT2D eigenvalue weighted by Crippen LogP contribution is 2.29. The molecule has 4 nitrogen and oxygen atoms in total. The maximum atomic E-state index is 11.9. The number of esters is 1. The first-order chi connectivity index (χ1) is 10.2. The van der Waals surface area contributed by atoms with Gasteiger partial charge in [0.15, 0.2) is 0 Å². The van der Waals surface area contributed by atoms with Crippen LogP contribution < -0.4 is 10.2 Å². The summed E-state index contributed by atoms with van der Waals surface area (Å²) in [5, 5.41) is 3.06. The molecule has 1 aliphatic heterocycles. The molecule has 21 heavy (non-hydrogen) atoms. The number of fused-ring (bicyclic) bond motifs is 1. The van der Waals surface area contributed by atoms with Gasteiger partial charge in [0.25, 0.3) is 0 Å². The molecule has 2 unspecified atom stereocenters. The average Bonchev–Trinajstić information content (AvgIpc) is 2.47. The zero-order valence-corrected chi connectivity index (χ0v) is 13.3.